The highest BCUT2D eigenvalue weighted by Gasteiger charge is 2.23. The Morgan fingerprint density at radius 2 is 2.19 bits per heavy atom. The number of thiophene rings is 1. The first kappa shape index (κ1) is 14.8. The first-order valence-corrected chi connectivity index (χ1v) is 8.40. The van der Waals surface area contributed by atoms with E-state index in [1.54, 1.807) is 0 Å². The van der Waals surface area contributed by atoms with E-state index in [4.69, 9.17) is 0 Å². The summed E-state index contributed by atoms with van der Waals surface area (Å²) in [6, 6.07) is 4.38. The standard InChI is InChI=1S/C16H24N4S/c1-13-5-7-21-16(13)12-19-9-14(8-18(2)3)10-20-15(11-19)4-6-17-20/h4-7,14H,8-12H2,1-3H3. The van der Waals surface area contributed by atoms with Crippen LogP contribution in [0.25, 0.3) is 0 Å². The van der Waals surface area contributed by atoms with Crippen LogP contribution in [0, 0.1) is 12.8 Å². The number of hydrogen-bond donors (Lipinski definition) is 0. The molecule has 1 unspecified atom stereocenters. The Morgan fingerprint density at radius 3 is 2.90 bits per heavy atom. The first-order chi connectivity index (χ1) is 10.1. The van der Waals surface area contributed by atoms with Crippen LogP contribution in [0.4, 0.5) is 0 Å². The van der Waals surface area contributed by atoms with Crippen LogP contribution < -0.4 is 0 Å². The van der Waals surface area contributed by atoms with Crippen molar-refractivity contribution in [1.82, 2.24) is 19.6 Å². The van der Waals surface area contributed by atoms with Gasteiger partial charge in [0, 0.05) is 49.7 Å². The maximum atomic E-state index is 4.50. The van der Waals surface area contributed by atoms with E-state index in [0.29, 0.717) is 5.92 Å². The maximum absolute atomic E-state index is 4.50. The zero-order valence-electron chi connectivity index (χ0n) is 13.1. The molecule has 5 heteroatoms. The summed E-state index contributed by atoms with van der Waals surface area (Å²) in [5, 5.41) is 6.70. The molecule has 0 fully saturated rings. The molecule has 0 saturated carbocycles. The third kappa shape index (κ3) is 3.54. The van der Waals surface area contributed by atoms with Crippen molar-refractivity contribution in [1.29, 1.82) is 0 Å². The molecule has 0 amide bonds. The van der Waals surface area contributed by atoms with Crippen LogP contribution in [0.3, 0.4) is 0 Å². The van der Waals surface area contributed by atoms with E-state index in [2.05, 4.69) is 58.1 Å². The Morgan fingerprint density at radius 1 is 1.33 bits per heavy atom. The topological polar surface area (TPSA) is 24.3 Å². The highest BCUT2D eigenvalue weighted by atomic mass is 32.1. The second-order valence-electron chi connectivity index (χ2n) is 6.33. The highest BCUT2D eigenvalue weighted by Crippen LogP contribution is 2.22. The zero-order valence-corrected chi connectivity index (χ0v) is 13.9. The summed E-state index contributed by atoms with van der Waals surface area (Å²) in [6.07, 6.45) is 1.93. The van der Waals surface area contributed by atoms with E-state index >= 15 is 0 Å². The third-order valence-corrected chi connectivity index (χ3v) is 5.10. The Kier molecular flexibility index (Phi) is 4.42. The summed E-state index contributed by atoms with van der Waals surface area (Å²) in [4.78, 5) is 6.35. The van der Waals surface area contributed by atoms with Crippen molar-refractivity contribution in [3.63, 3.8) is 0 Å². The molecular weight excluding hydrogens is 280 g/mol. The summed E-state index contributed by atoms with van der Waals surface area (Å²) in [5.74, 6) is 0.626. The van der Waals surface area contributed by atoms with Crippen LogP contribution in [0.5, 0.6) is 0 Å². The van der Waals surface area contributed by atoms with Crippen molar-refractivity contribution in [2.45, 2.75) is 26.6 Å². The van der Waals surface area contributed by atoms with Gasteiger partial charge in [-0.15, -0.1) is 11.3 Å². The lowest BCUT2D eigenvalue weighted by Crippen LogP contribution is -2.33. The fourth-order valence-electron chi connectivity index (χ4n) is 3.14. The monoisotopic (exact) mass is 304 g/mol. The molecule has 0 N–H and O–H groups in total. The van der Waals surface area contributed by atoms with Gasteiger partial charge in [0.05, 0.1) is 5.69 Å². The Bertz CT molecular complexity index is 587. The van der Waals surface area contributed by atoms with Gasteiger partial charge >= 0.3 is 0 Å². The normalized spacial score (nSPS) is 19.7. The molecule has 2 aromatic heterocycles. The lowest BCUT2D eigenvalue weighted by molar-refractivity contribution is 0.195. The van der Waals surface area contributed by atoms with Crippen LogP contribution in [0.1, 0.15) is 16.1 Å². The number of nitrogens with zero attached hydrogens (tertiary/aromatic N) is 4. The largest absolute Gasteiger partial charge is 0.309 e. The van der Waals surface area contributed by atoms with E-state index in [1.807, 2.05) is 17.5 Å². The Hall–Kier alpha value is -1.17. The van der Waals surface area contributed by atoms with Gasteiger partial charge in [0.15, 0.2) is 0 Å². The minimum atomic E-state index is 0.626. The summed E-state index contributed by atoms with van der Waals surface area (Å²) in [6.45, 7) is 7.55. The molecule has 0 aromatic carbocycles. The molecule has 0 aliphatic carbocycles. The zero-order chi connectivity index (χ0) is 14.8. The average molecular weight is 304 g/mol. The molecule has 1 aliphatic rings. The van der Waals surface area contributed by atoms with Crippen molar-refractivity contribution in [2.24, 2.45) is 5.92 Å². The van der Waals surface area contributed by atoms with Gasteiger partial charge in [-0.2, -0.15) is 5.10 Å². The molecular formula is C16H24N4S. The first-order valence-electron chi connectivity index (χ1n) is 7.52. The maximum Gasteiger partial charge on any atom is 0.0524 e. The molecule has 3 heterocycles. The molecule has 1 atom stereocenters. The summed E-state index contributed by atoms with van der Waals surface area (Å²) < 4.78 is 2.19. The van der Waals surface area contributed by atoms with E-state index < -0.39 is 0 Å². The van der Waals surface area contributed by atoms with Crippen LogP contribution >= 0.6 is 11.3 Å². The summed E-state index contributed by atoms with van der Waals surface area (Å²) in [5.41, 5.74) is 2.76. The second kappa shape index (κ2) is 6.30. The quantitative estimate of drug-likeness (QED) is 0.867. The van der Waals surface area contributed by atoms with Gasteiger partial charge in [-0.3, -0.25) is 9.58 Å². The number of hydrogen-bond acceptors (Lipinski definition) is 4. The van der Waals surface area contributed by atoms with E-state index in [-0.39, 0.29) is 0 Å². The Labute approximate surface area is 131 Å². The van der Waals surface area contributed by atoms with Gasteiger partial charge in [-0.05, 0) is 44.1 Å². The molecule has 2 aromatic rings. The fraction of sp³-hybridized carbons (Fsp3) is 0.562. The van der Waals surface area contributed by atoms with Crippen LogP contribution in [-0.4, -0.2) is 46.8 Å². The predicted molar refractivity (Wildman–Crippen MR) is 87.4 cm³/mol. The number of rotatable bonds is 4. The van der Waals surface area contributed by atoms with Gasteiger partial charge in [0.1, 0.15) is 0 Å². The van der Waals surface area contributed by atoms with E-state index in [9.17, 15) is 0 Å². The minimum absolute atomic E-state index is 0.626. The van der Waals surface area contributed by atoms with Gasteiger partial charge in [0.2, 0.25) is 0 Å². The third-order valence-electron chi connectivity index (χ3n) is 4.10. The fourth-order valence-corrected chi connectivity index (χ4v) is 4.09. The number of fused-ring (bicyclic) bond motifs is 1. The van der Waals surface area contributed by atoms with E-state index in [0.717, 1.165) is 32.7 Å². The van der Waals surface area contributed by atoms with Crippen molar-refractivity contribution < 1.29 is 0 Å². The number of aromatic nitrogens is 2. The lowest BCUT2D eigenvalue weighted by atomic mass is 10.1. The SMILES string of the molecule is Cc1ccsc1CN1Cc2ccnn2CC(CN(C)C)C1. The van der Waals surface area contributed by atoms with Crippen molar-refractivity contribution in [3.8, 4) is 0 Å². The van der Waals surface area contributed by atoms with Crippen LogP contribution in [0.2, 0.25) is 0 Å². The molecule has 3 rings (SSSR count). The summed E-state index contributed by atoms with van der Waals surface area (Å²) in [7, 11) is 4.31. The average Bonchev–Trinajstić information content (AvgIpc) is 2.96. The van der Waals surface area contributed by atoms with Crippen LogP contribution in [0.15, 0.2) is 23.7 Å². The van der Waals surface area contributed by atoms with Gasteiger partial charge in [-0.25, -0.2) is 0 Å². The van der Waals surface area contributed by atoms with Crippen molar-refractivity contribution in [3.05, 3.63) is 39.8 Å². The Balaban J connectivity index is 1.78. The van der Waals surface area contributed by atoms with Gasteiger partial charge in [-0.1, -0.05) is 0 Å². The highest BCUT2D eigenvalue weighted by molar-refractivity contribution is 7.10. The second-order valence-corrected chi connectivity index (χ2v) is 7.33. The molecule has 0 radical (unpaired) electrons. The lowest BCUT2D eigenvalue weighted by Gasteiger charge is -2.25. The molecule has 0 saturated heterocycles. The number of aryl methyl sites for hydroxylation is 1. The van der Waals surface area contributed by atoms with E-state index in [1.165, 1.54) is 16.1 Å². The van der Waals surface area contributed by atoms with Gasteiger partial charge < -0.3 is 4.90 Å². The molecule has 1 aliphatic heterocycles. The van der Waals surface area contributed by atoms with Gasteiger partial charge in [0.25, 0.3) is 0 Å². The molecule has 0 spiro atoms. The molecule has 4 nitrogen and oxygen atoms in total. The molecule has 0 bridgehead atoms. The molecule has 21 heavy (non-hydrogen) atoms. The van der Waals surface area contributed by atoms with Crippen LogP contribution in [-0.2, 0) is 19.6 Å². The predicted octanol–water partition coefficient (Wildman–Crippen LogP) is 2.45. The van der Waals surface area contributed by atoms with Crippen molar-refractivity contribution >= 4 is 11.3 Å². The summed E-state index contributed by atoms with van der Waals surface area (Å²) >= 11 is 1.87. The molecule has 114 valence electrons. The van der Waals surface area contributed by atoms with Crippen molar-refractivity contribution in [2.75, 3.05) is 27.2 Å². The smallest absolute Gasteiger partial charge is 0.0524 e. The minimum Gasteiger partial charge on any atom is -0.309 e.